The highest BCUT2D eigenvalue weighted by Gasteiger charge is 2.33. The zero-order chi connectivity index (χ0) is 17.8. The van der Waals surface area contributed by atoms with Gasteiger partial charge in [0.15, 0.2) is 0 Å². The number of hydrogen-bond donors (Lipinski definition) is 0. The van der Waals surface area contributed by atoms with E-state index in [2.05, 4.69) is 84.1 Å². The van der Waals surface area contributed by atoms with E-state index in [-0.39, 0.29) is 10.8 Å². The first-order chi connectivity index (χ1) is 11.4. The maximum atomic E-state index is 4.85. The first-order valence-electron chi connectivity index (χ1n) is 9.50. The molecule has 0 unspecified atom stereocenters. The van der Waals surface area contributed by atoms with Crippen LogP contribution in [0.25, 0.3) is 11.3 Å². The summed E-state index contributed by atoms with van der Waals surface area (Å²) in [6.45, 7) is 14.0. The Hall–Kier alpha value is -1.63. The Labute approximate surface area is 148 Å². The molecule has 0 aliphatic heterocycles. The molecule has 0 saturated heterocycles. The third kappa shape index (κ3) is 3.41. The van der Waals surface area contributed by atoms with E-state index in [0.717, 1.165) is 31.4 Å². The van der Waals surface area contributed by atoms with Crippen LogP contribution in [0.5, 0.6) is 0 Å². The summed E-state index contributed by atoms with van der Waals surface area (Å²) in [5.41, 5.74) is 5.63. The van der Waals surface area contributed by atoms with Crippen LogP contribution in [-0.2, 0) is 10.8 Å². The zero-order valence-electron chi connectivity index (χ0n) is 16.3. The molecule has 1 heteroatoms. The van der Waals surface area contributed by atoms with E-state index in [9.17, 15) is 0 Å². The van der Waals surface area contributed by atoms with Crippen LogP contribution in [0.15, 0.2) is 42.6 Å². The van der Waals surface area contributed by atoms with Crippen LogP contribution in [-0.4, -0.2) is 4.98 Å². The Morgan fingerprint density at radius 1 is 0.750 bits per heavy atom. The van der Waals surface area contributed by atoms with Crippen molar-refractivity contribution in [3.05, 3.63) is 53.7 Å². The molecular formula is C23H33N. The van der Waals surface area contributed by atoms with Gasteiger partial charge in [-0.25, -0.2) is 0 Å². The first-order valence-corrected chi connectivity index (χ1v) is 9.50. The monoisotopic (exact) mass is 323 g/mol. The number of benzene rings is 1. The molecule has 1 nitrogen and oxygen atoms in total. The molecule has 0 fully saturated rings. The van der Waals surface area contributed by atoms with Crippen molar-refractivity contribution in [2.75, 3.05) is 0 Å². The maximum absolute atomic E-state index is 4.85. The van der Waals surface area contributed by atoms with E-state index in [0.29, 0.717) is 0 Å². The molecule has 1 aromatic carbocycles. The lowest BCUT2D eigenvalue weighted by Gasteiger charge is -2.37. The second-order valence-corrected chi connectivity index (χ2v) is 7.52. The quantitative estimate of drug-likeness (QED) is 0.540. The lowest BCUT2D eigenvalue weighted by Crippen LogP contribution is -2.29. The number of hydrogen-bond acceptors (Lipinski definition) is 1. The Morgan fingerprint density at radius 3 is 1.75 bits per heavy atom. The highest BCUT2D eigenvalue weighted by Crippen LogP contribution is 2.42. The summed E-state index contributed by atoms with van der Waals surface area (Å²) in [6, 6.07) is 12.9. The average Bonchev–Trinajstić information content (AvgIpc) is 2.67. The minimum atomic E-state index is 0.198. The summed E-state index contributed by atoms with van der Waals surface area (Å²) in [6.07, 6.45) is 6.75. The van der Waals surface area contributed by atoms with E-state index < -0.39 is 0 Å². The maximum Gasteiger partial charge on any atom is 0.0705 e. The summed E-state index contributed by atoms with van der Waals surface area (Å²) >= 11 is 0. The smallest absolute Gasteiger partial charge is 0.0705 e. The van der Waals surface area contributed by atoms with Gasteiger partial charge in [-0.15, -0.1) is 0 Å². The number of rotatable bonds is 7. The van der Waals surface area contributed by atoms with E-state index in [1.54, 1.807) is 0 Å². The van der Waals surface area contributed by atoms with Gasteiger partial charge in [-0.2, -0.15) is 0 Å². The van der Waals surface area contributed by atoms with Gasteiger partial charge in [-0.1, -0.05) is 71.9 Å². The average molecular weight is 324 g/mol. The molecule has 0 aliphatic rings. The second kappa shape index (κ2) is 7.51. The minimum absolute atomic E-state index is 0.198. The number of aromatic nitrogens is 1. The SMILES string of the molecule is CCC(C)(CC)c1cnc(-c2ccccc2)cc1C(C)(CC)CC. The van der Waals surface area contributed by atoms with Gasteiger partial charge >= 0.3 is 0 Å². The van der Waals surface area contributed by atoms with Crippen molar-refractivity contribution in [1.82, 2.24) is 4.98 Å². The highest BCUT2D eigenvalue weighted by molar-refractivity contribution is 5.61. The summed E-state index contributed by atoms with van der Waals surface area (Å²) in [7, 11) is 0. The van der Waals surface area contributed by atoms with Gasteiger partial charge in [-0.3, -0.25) is 4.98 Å². The molecule has 1 aromatic heterocycles. The molecule has 0 radical (unpaired) electrons. The number of nitrogens with zero attached hydrogens (tertiary/aromatic N) is 1. The van der Waals surface area contributed by atoms with Gasteiger partial charge in [0.25, 0.3) is 0 Å². The van der Waals surface area contributed by atoms with Crippen molar-refractivity contribution in [3.8, 4) is 11.3 Å². The largest absolute Gasteiger partial charge is 0.256 e. The van der Waals surface area contributed by atoms with Gasteiger partial charge in [0, 0.05) is 11.8 Å². The Bertz CT molecular complexity index is 649. The molecule has 0 amide bonds. The fourth-order valence-corrected chi connectivity index (χ4v) is 3.46. The highest BCUT2D eigenvalue weighted by atomic mass is 14.7. The van der Waals surface area contributed by atoms with Crippen LogP contribution in [0, 0.1) is 0 Å². The molecular weight excluding hydrogens is 290 g/mol. The summed E-state index contributed by atoms with van der Waals surface area (Å²) in [5.74, 6) is 0. The van der Waals surface area contributed by atoms with Crippen LogP contribution < -0.4 is 0 Å². The first kappa shape index (κ1) is 18.7. The van der Waals surface area contributed by atoms with Gasteiger partial charge < -0.3 is 0 Å². The molecule has 130 valence electrons. The van der Waals surface area contributed by atoms with Crippen LogP contribution >= 0.6 is 0 Å². The molecule has 0 atom stereocenters. The van der Waals surface area contributed by atoms with Crippen molar-refractivity contribution >= 4 is 0 Å². The predicted octanol–water partition coefficient (Wildman–Crippen LogP) is 6.90. The molecule has 24 heavy (non-hydrogen) atoms. The van der Waals surface area contributed by atoms with Crippen molar-refractivity contribution < 1.29 is 0 Å². The van der Waals surface area contributed by atoms with Crippen LogP contribution in [0.1, 0.15) is 78.4 Å². The van der Waals surface area contributed by atoms with Crippen LogP contribution in [0.3, 0.4) is 0 Å². The third-order valence-corrected chi connectivity index (χ3v) is 6.40. The standard InChI is InChI=1S/C23H33N/c1-7-22(5,8-2)19-16-21(18-14-12-11-13-15-18)24-17-20(19)23(6,9-3)10-4/h11-17H,7-10H2,1-6H3. The third-order valence-electron chi connectivity index (χ3n) is 6.40. The minimum Gasteiger partial charge on any atom is -0.256 e. The van der Waals surface area contributed by atoms with Crippen molar-refractivity contribution in [2.24, 2.45) is 0 Å². The molecule has 0 spiro atoms. The van der Waals surface area contributed by atoms with E-state index in [1.807, 2.05) is 0 Å². The summed E-state index contributed by atoms with van der Waals surface area (Å²) < 4.78 is 0. The van der Waals surface area contributed by atoms with Crippen molar-refractivity contribution in [2.45, 2.75) is 78.1 Å². The molecule has 0 bridgehead atoms. The Kier molecular flexibility index (Phi) is 5.85. The molecule has 1 heterocycles. The van der Waals surface area contributed by atoms with Crippen LogP contribution in [0.2, 0.25) is 0 Å². The van der Waals surface area contributed by atoms with Crippen molar-refractivity contribution in [3.63, 3.8) is 0 Å². The van der Waals surface area contributed by atoms with E-state index in [4.69, 9.17) is 4.98 Å². The van der Waals surface area contributed by atoms with E-state index in [1.165, 1.54) is 16.7 Å². The van der Waals surface area contributed by atoms with Gasteiger partial charge in [0.2, 0.25) is 0 Å². The van der Waals surface area contributed by atoms with Crippen LogP contribution in [0.4, 0.5) is 0 Å². The molecule has 2 rings (SSSR count). The van der Waals surface area contributed by atoms with Gasteiger partial charge in [0.1, 0.15) is 0 Å². The zero-order valence-corrected chi connectivity index (χ0v) is 16.3. The predicted molar refractivity (Wildman–Crippen MR) is 106 cm³/mol. The summed E-state index contributed by atoms with van der Waals surface area (Å²) in [5, 5.41) is 0. The summed E-state index contributed by atoms with van der Waals surface area (Å²) in [4.78, 5) is 4.85. The molecule has 0 saturated carbocycles. The van der Waals surface area contributed by atoms with Gasteiger partial charge in [0.05, 0.1) is 5.69 Å². The lowest BCUT2D eigenvalue weighted by atomic mass is 9.68. The molecule has 0 N–H and O–H groups in total. The lowest BCUT2D eigenvalue weighted by molar-refractivity contribution is 0.392. The Balaban J connectivity index is 2.69. The van der Waals surface area contributed by atoms with E-state index >= 15 is 0 Å². The Morgan fingerprint density at radius 2 is 1.25 bits per heavy atom. The second-order valence-electron chi connectivity index (χ2n) is 7.52. The topological polar surface area (TPSA) is 12.9 Å². The number of pyridine rings is 1. The van der Waals surface area contributed by atoms with Gasteiger partial charge in [-0.05, 0) is 53.7 Å². The normalized spacial score (nSPS) is 12.4. The molecule has 0 aliphatic carbocycles. The van der Waals surface area contributed by atoms with Crippen molar-refractivity contribution in [1.29, 1.82) is 0 Å². The molecule has 2 aromatic rings. The fourth-order valence-electron chi connectivity index (χ4n) is 3.46. The fraction of sp³-hybridized carbons (Fsp3) is 0.522.